The predicted molar refractivity (Wildman–Crippen MR) is 117 cm³/mol. The highest BCUT2D eigenvalue weighted by Gasteiger charge is 2.33. The summed E-state index contributed by atoms with van der Waals surface area (Å²) in [7, 11) is 0. The first-order valence-electron chi connectivity index (χ1n) is 9.72. The summed E-state index contributed by atoms with van der Waals surface area (Å²) in [5, 5.41) is 3.94. The van der Waals surface area contributed by atoms with Crippen LogP contribution in [0.2, 0.25) is 5.02 Å². The number of carbonyl (C=O) groups is 3. The lowest BCUT2D eigenvalue weighted by Crippen LogP contribution is -2.51. The summed E-state index contributed by atoms with van der Waals surface area (Å²) in [6.45, 7) is 5.59. The van der Waals surface area contributed by atoms with Crippen molar-refractivity contribution in [1.29, 1.82) is 0 Å². The Morgan fingerprint density at radius 2 is 1.77 bits per heavy atom. The fraction of sp³-hybridized carbons (Fsp3) is 0.381. The van der Waals surface area contributed by atoms with E-state index in [0.29, 0.717) is 47.7 Å². The van der Waals surface area contributed by atoms with Crippen LogP contribution < -0.4 is 5.32 Å². The van der Waals surface area contributed by atoms with Crippen molar-refractivity contribution in [2.45, 2.75) is 19.9 Å². The number of ether oxygens (including phenoxy) is 1. The first-order valence-corrected chi connectivity index (χ1v) is 10.9. The van der Waals surface area contributed by atoms with Crippen molar-refractivity contribution < 1.29 is 19.1 Å². The van der Waals surface area contributed by atoms with Crippen molar-refractivity contribution in [2.24, 2.45) is 0 Å². The Hall–Kier alpha value is -2.42. The number of halogens is 1. The van der Waals surface area contributed by atoms with E-state index >= 15 is 0 Å². The third-order valence-electron chi connectivity index (χ3n) is 4.78. The molecule has 2 amide bonds. The molecule has 1 aliphatic rings. The fourth-order valence-electron chi connectivity index (χ4n) is 3.39. The van der Waals surface area contributed by atoms with Gasteiger partial charge in [-0.3, -0.25) is 14.5 Å². The van der Waals surface area contributed by atoms with E-state index in [1.54, 1.807) is 36.1 Å². The van der Waals surface area contributed by atoms with Crippen LogP contribution >= 0.6 is 22.9 Å². The Balaban J connectivity index is 1.67. The van der Waals surface area contributed by atoms with Gasteiger partial charge in [-0.25, -0.2) is 4.79 Å². The monoisotopic (exact) mass is 449 g/mol. The molecule has 1 fully saturated rings. The third kappa shape index (κ3) is 5.38. The number of hydrogen-bond donors (Lipinski definition) is 1. The second kappa shape index (κ2) is 10.1. The van der Waals surface area contributed by atoms with Crippen molar-refractivity contribution in [3.63, 3.8) is 0 Å². The van der Waals surface area contributed by atoms with Gasteiger partial charge in [0.1, 0.15) is 6.04 Å². The average molecular weight is 450 g/mol. The highest BCUT2D eigenvalue weighted by molar-refractivity contribution is 7.18. The maximum absolute atomic E-state index is 12.8. The van der Waals surface area contributed by atoms with E-state index in [9.17, 15) is 14.4 Å². The Bertz CT molecular complexity index is 907. The van der Waals surface area contributed by atoms with Crippen LogP contribution in [0.5, 0.6) is 0 Å². The molecule has 1 aromatic carbocycles. The maximum Gasteiger partial charge on any atom is 0.328 e. The number of amides is 2. The molecule has 1 N–H and O–H groups in total. The van der Waals surface area contributed by atoms with E-state index in [1.807, 2.05) is 17.0 Å². The van der Waals surface area contributed by atoms with Crippen molar-refractivity contribution in [3.05, 3.63) is 51.9 Å². The summed E-state index contributed by atoms with van der Waals surface area (Å²) < 4.78 is 5.29. The largest absolute Gasteiger partial charge is 0.465 e. The molecule has 0 saturated carbocycles. The number of thiophene rings is 1. The average Bonchev–Trinajstić information content (AvgIpc) is 3.17. The van der Waals surface area contributed by atoms with Gasteiger partial charge in [0.25, 0.3) is 5.91 Å². The number of carbonyl (C=O) groups excluding carboxylic acids is 3. The second-order valence-corrected chi connectivity index (χ2v) is 8.40. The Morgan fingerprint density at radius 3 is 2.37 bits per heavy atom. The number of rotatable bonds is 6. The first-order chi connectivity index (χ1) is 14.4. The van der Waals surface area contributed by atoms with E-state index in [0.717, 1.165) is 5.56 Å². The molecule has 1 unspecified atom stereocenters. The number of anilines is 1. The van der Waals surface area contributed by atoms with E-state index in [1.165, 1.54) is 18.3 Å². The normalized spacial score (nSPS) is 15.5. The lowest BCUT2D eigenvalue weighted by atomic mass is 10.0. The van der Waals surface area contributed by atoms with Crippen LogP contribution in [0.4, 0.5) is 5.00 Å². The minimum absolute atomic E-state index is 0.0737. The molecule has 7 nitrogen and oxygen atoms in total. The summed E-state index contributed by atoms with van der Waals surface area (Å²) in [5.74, 6) is -0.551. The van der Waals surface area contributed by atoms with Crippen LogP contribution in [-0.2, 0) is 14.3 Å². The van der Waals surface area contributed by atoms with Crippen LogP contribution in [-0.4, -0.2) is 60.4 Å². The van der Waals surface area contributed by atoms with E-state index in [2.05, 4.69) is 5.32 Å². The molecule has 1 saturated heterocycles. The molecule has 3 rings (SSSR count). The van der Waals surface area contributed by atoms with Gasteiger partial charge in [0, 0.05) is 38.1 Å². The van der Waals surface area contributed by atoms with Gasteiger partial charge in [-0.05, 0) is 36.8 Å². The van der Waals surface area contributed by atoms with Gasteiger partial charge in [0.05, 0.1) is 16.5 Å². The number of piperazine rings is 1. The van der Waals surface area contributed by atoms with Crippen LogP contribution in [0.1, 0.15) is 35.1 Å². The molecular formula is C21H24ClN3O4S. The number of esters is 1. The molecule has 30 heavy (non-hydrogen) atoms. The number of nitrogens with one attached hydrogen (secondary N) is 1. The number of benzene rings is 1. The second-order valence-electron chi connectivity index (χ2n) is 6.88. The minimum Gasteiger partial charge on any atom is -0.465 e. The van der Waals surface area contributed by atoms with Crippen LogP contribution in [0, 0.1) is 0 Å². The zero-order chi connectivity index (χ0) is 21.7. The Morgan fingerprint density at radius 1 is 1.10 bits per heavy atom. The molecule has 2 heterocycles. The molecule has 160 valence electrons. The zero-order valence-corrected chi connectivity index (χ0v) is 18.5. The van der Waals surface area contributed by atoms with Gasteiger partial charge in [-0.2, -0.15) is 0 Å². The van der Waals surface area contributed by atoms with Gasteiger partial charge in [-0.15, -0.1) is 11.3 Å². The first kappa shape index (κ1) is 22.3. The SMILES string of the molecule is CCOC(=O)C(c1ccc(Cl)cc1)N1CCN(C(=O)c2ccc(NC(C)=O)s2)CC1. The third-order valence-corrected chi connectivity index (χ3v) is 6.02. The summed E-state index contributed by atoms with van der Waals surface area (Å²) in [6, 6.07) is 10.1. The zero-order valence-electron chi connectivity index (χ0n) is 16.9. The van der Waals surface area contributed by atoms with Gasteiger partial charge in [-0.1, -0.05) is 23.7 Å². The number of nitrogens with zero attached hydrogens (tertiary/aromatic N) is 2. The molecule has 1 atom stereocenters. The highest BCUT2D eigenvalue weighted by atomic mass is 35.5. The van der Waals surface area contributed by atoms with Gasteiger partial charge < -0.3 is 15.0 Å². The summed E-state index contributed by atoms with van der Waals surface area (Å²) in [5.41, 5.74) is 0.816. The molecule has 0 bridgehead atoms. The van der Waals surface area contributed by atoms with E-state index in [-0.39, 0.29) is 17.8 Å². The lowest BCUT2D eigenvalue weighted by Gasteiger charge is -2.38. The summed E-state index contributed by atoms with van der Waals surface area (Å²) >= 11 is 7.24. The van der Waals surface area contributed by atoms with Crippen LogP contribution in [0.15, 0.2) is 36.4 Å². The predicted octanol–water partition coefficient (Wildman–Crippen LogP) is 3.42. The van der Waals surface area contributed by atoms with Crippen LogP contribution in [0.3, 0.4) is 0 Å². The fourth-order valence-corrected chi connectivity index (χ4v) is 4.44. The highest BCUT2D eigenvalue weighted by Crippen LogP contribution is 2.27. The van der Waals surface area contributed by atoms with Crippen molar-refractivity contribution >= 4 is 45.7 Å². The molecule has 0 aliphatic carbocycles. The molecule has 1 aliphatic heterocycles. The molecule has 2 aromatic rings. The molecular weight excluding hydrogens is 426 g/mol. The quantitative estimate of drug-likeness (QED) is 0.683. The topological polar surface area (TPSA) is 79.0 Å². The Labute approximate surface area is 184 Å². The van der Waals surface area contributed by atoms with Crippen molar-refractivity contribution in [3.8, 4) is 0 Å². The molecule has 9 heteroatoms. The van der Waals surface area contributed by atoms with E-state index in [4.69, 9.17) is 16.3 Å². The van der Waals surface area contributed by atoms with Gasteiger partial charge in [0.2, 0.25) is 5.91 Å². The van der Waals surface area contributed by atoms with Crippen LogP contribution in [0.25, 0.3) is 0 Å². The summed E-state index contributed by atoms with van der Waals surface area (Å²) in [6.07, 6.45) is 0. The van der Waals surface area contributed by atoms with Crippen molar-refractivity contribution in [1.82, 2.24) is 9.80 Å². The number of hydrogen-bond acceptors (Lipinski definition) is 6. The molecule has 0 spiro atoms. The van der Waals surface area contributed by atoms with Crippen molar-refractivity contribution in [2.75, 3.05) is 38.1 Å². The molecule has 0 radical (unpaired) electrons. The van der Waals surface area contributed by atoms with E-state index < -0.39 is 6.04 Å². The minimum atomic E-state index is -0.535. The van der Waals surface area contributed by atoms with Gasteiger partial charge in [0.15, 0.2) is 0 Å². The summed E-state index contributed by atoms with van der Waals surface area (Å²) in [4.78, 5) is 41.0. The smallest absolute Gasteiger partial charge is 0.328 e. The maximum atomic E-state index is 12.8. The lowest BCUT2D eigenvalue weighted by molar-refractivity contribution is -0.150. The Kier molecular flexibility index (Phi) is 7.47. The standard InChI is InChI=1S/C21H24ClN3O4S/c1-3-29-21(28)19(15-4-6-16(22)7-5-15)24-10-12-25(13-11-24)20(27)17-8-9-18(30-17)23-14(2)26/h4-9,19H,3,10-13H2,1-2H3,(H,23,26). The molecule has 1 aromatic heterocycles. The van der Waals surface area contributed by atoms with Gasteiger partial charge >= 0.3 is 5.97 Å².